The van der Waals surface area contributed by atoms with Gasteiger partial charge in [0.05, 0.1) is 0 Å². The summed E-state index contributed by atoms with van der Waals surface area (Å²) in [5, 5.41) is 0. The molecule has 7 heteroatoms. The summed E-state index contributed by atoms with van der Waals surface area (Å²) in [4.78, 5) is 41.9. The van der Waals surface area contributed by atoms with E-state index in [0.717, 1.165) is 13.0 Å². The maximum atomic E-state index is 12.6. The Kier molecular flexibility index (Phi) is 4.59. The van der Waals surface area contributed by atoms with Crippen LogP contribution in [0.2, 0.25) is 0 Å². The lowest BCUT2D eigenvalue weighted by Crippen LogP contribution is -2.47. The Balaban J connectivity index is 1.77. The molecule has 1 aliphatic heterocycles. The van der Waals surface area contributed by atoms with Crippen molar-refractivity contribution in [1.82, 2.24) is 19.4 Å². The Morgan fingerprint density at radius 1 is 1.24 bits per heavy atom. The number of benzene rings is 1. The average Bonchev–Trinajstić information content (AvgIpc) is 2.58. The van der Waals surface area contributed by atoms with Crippen molar-refractivity contribution in [1.29, 1.82) is 0 Å². The molecule has 1 aromatic heterocycles. The second kappa shape index (κ2) is 6.68. The number of fused-ring (bicyclic) bond motifs is 1. The van der Waals surface area contributed by atoms with E-state index in [-0.39, 0.29) is 17.5 Å². The van der Waals surface area contributed by atoms with Crippen molar-refractivity contribution >= 4 is 5.91 Å². The molecule has 1 aliphatic rings. The zero-order chi connectivity index (χ0) is 18.1. The number of carbonyl (C=O) groups is 1. The normalized spacial score (nSPS) is 17.2. The van der Waals surface area contributed by atoms with E-state index in [1.165, 1.54) is 28.9 Å². The monoisotopic (exact) mass is 342 g/mol. The fraction of sp³-hybridized carbons (Fsp3) is 0.389. The summed E-state index contributed by atoms with van der Waals surface area (Å²) in [6.07, 6.45) is 2.15. The fourth-order valence-electron chi connectivity index (χ4n) is 3.24. The van der Waals surface area contributed by atoms with Crippen molar-refractivity contribution in [2.24, 2.45) is 7.05 Å². The lowest BCUT2D eigenvalue weighted by molar-refractivity contribution is 0.0730. The van der Waals surface area contributed by atoms with E-state index in [1.807, 2.05) is 19.2 Å². The van der Waals surface area contributed by atoms with Crippen LogP contribution in [0.5, 0.6) is 0 Å². The molecule has 1 N–H and O–H groups in total. The van der Waals surface area contributed by atoms with Gasteiger partial charge in [0.15, 0.2) is 0 Å². The van der Waals surface area contributed by atoms with Gasteiger partial charge in [0.25, 0.3) is 11.5 Å². The smallest absolute Gasteiger partial charge is 0.328 e. The molecule has 3 rings (SSSR count). The van der Waals surface area contributed by atoms with Gasteiger partial charge in [0.1, 0.15) is 5.56 Å². The van der Waals surface area contributed by atoms with Crippen LogP contribution in [0.25, 0.3) is 0 Å². The molecule has 1 aromatic carbocycles. The summed E-state index contributed by atoms with van der Waals surface area (Å²) >= 11 is 0. The minimum absolute atomic E-state index is 0.0246. The maximum Gasteiger partial charge on any atom is 0.328 e. The first kappa shape index (κ1) is 17.2. The van der Waals surface area contributed by atoms with Crippen molar-refractivity contribution in [3.8, 4) is 0 Å². The van der Waals surface area contributed by atoms with Crippen molar-refractivity contribution in [2.75, 3.05) is 20.6 Å². The fourth-order valence-corrected chi connectivity index (χ4v) is 3.24. The Bertz CT molecular complexity index is 915. The highest BCUT2D eigenvalue weighted by Gasteiger charge is 2.26. The Morgan fingerprint density at radius 2 is 1.92 bits per heavy atom. The summed E-state index contributed by atoms with van der Waals surface area (Å²) < 4.78 is 1.20. The number of aromatic nitrogens is 2. The summed E-state index contributed by atoms with van der Waals surface area (Å²) in [5.74, 6) is -0.385. The second-order valence-corrected chi connectivity index (χ2v) is 6.64. The molecular weight excluding hydrogens is 320 g/mol. The Hall–Kier alpha value is -2.67. The second-order valence-electron chi connectivity index (χ2n) is 6.64. The number of nitrogens with one attached hydrogen (secondary N) is 1. The van der Waals surface area contributed by atoms with Crippen LogP contribution >= 0.6 is 0 Å². The summed E-state index contributed by atoms with van der Waals surface area (Å²) in [6, 6.07) is 8.49. The number of nitrogens with zero attached hydrogens (tertiary/aromatic N) is 3. The summed E-state index contributed by atoms with van der Waals surface area (Å²) in [5.41, 5.74) is 1.40. The van der Waals surface area contributed by atoms with Crippen molar-refractivity contribution < 1.29 is 4.79 Å². The van der Waals surface area contributed by atoms with Gasteiger partial charge in [0, 0.05) is 39.4 Å². The third-order valence-corrected chi connectivity index (χ3v) is 4.79. The topological polar surface area (TPSA) is 78.4 Å². The maximum absolute atomic E-state index is 12.6. The van der Waals surface area contributed by atoms with Crippen LogP contribution in [0.3, 0.4) is 0 Å². The van der Waals surface area contributed by atoms with Gasteiger partial charge >= 0.3 is 5.69 Å². The SMILES string of the molecule is CN(C[C@@H]1Cc2ccccc2CN1C)C(=O)c1cn(C)c(=O)[nH]c1=O. The molecule has 132 valence electrons. The van der Waals surface area contributed by atoms with E-state index >= 15 is 0 Å². The highest BCUT2D eigenvalue weighted by molar-refractivity contribution is 5.93. The third-order valence-electron chi connectivity index (χ3n) is 4.79. The van der Waals surface area contributed by atoms with Gasteiger partial charge in [-0.15, -0.1) is 0 Å². The molecule has 0 spiro atoms. The first-order valence-corrected chi connectivity index (χ1v) is 8.19. The average molecular weight is 342 g/mol. The minimum Gasteiger partial charge on any atom is -0.340 e. The third kappa shape index (κ3) is 3.41. The van der Waals surface area contributed by atoms with Gasteiger partial charge in [-0.1, -0.05) is 24.3 Å². The highest BCUT2D eigenvalue weighted by Crippen LogP contribution is 2.22. The van der Waals surface area contributed by atoms with E-state index in [1.54, 1.807) is 11.9 Å². The molecule has 0 saturated carbocycles. The zero-order valence-corrected chi connectivity index (χ0v) is 14.7. The predicted octanol–water partition coefficient (Wildman–Crippen LogP) is 0.202. The summed E-state index contributed by atoms with van der Waals surface area (Å²) in [7, 11) is 5.22. The van der Waals surface area contributed by atoms with Gasteiger partial charge in [-0.05, 0) is 24.6 Å². The molecule has 0 aliphatic carbocycles. The molecule has 2 aromatic rings. The van der Waals surface area contributed by atoms with Gasteiger partial charge in [0.2, 0.25) is 0 Å². The molecule has 0 saturated heterocycles. The van der Waals surface area contributed by atoms with Gasteiger partial charge in [-0.2, -0.15) is 0 Å². The summed E-state index contributed by atoms with van der Waals surface area (Å²) in [6.45, 7) is 1.34. The first-order chi connectivity index (χ1) is 11.9. The van der Waals surface area contributed by atoms with Crippen LogP contribution in [0.1, 0.15) is 21.5 Å². The van der Waals surface area contributed by atoms with E-state index in [4.69, 9.17) is 0 Å². The molecule has 0 bridgehead atoms. The predicted molar refractivity (Wildman–Crippen MR) is 94.7 cm³/mol. The van der Waals surface area contributed by atoms with Crippen molar-refractivity contribution in [2.45, 2.75) is 19.0 Å². The molecule has 0 unspecified atom stereocenters. The number of amides is 1. The van der Waals surface area contributed by atoms with E-state index in [0.29, 0.717) is 6.54 Å². The first-order valence-electron chi connectivity index (χ1n) is 8.19. The van der Waals surface area contributed by atoms with E-state index in [2.05, 4.69) is 22.0 Å². The molecule has 7 nitrogen and oxygen atoms in total. The number of rotatable bonds is 3. The standard InChI is InChI=1S/C18H22N4O3/c1-20-9-13-7-5-4-6-12(13)8-14(20)10-21(2)17(24)15-11-22(3)18(25)19-16(15)23/h4-7,11,14H,8-10H2,1-3H3,(H,19,23,25)/t14-/m0/s1. The molecule has 1 amide bonds. The number of hydrogen-bond acceptors (Lipinski definition) is 4. The highest BCUT2D eigenvalue weighted by atomic mass is 16.2. The quantitative estimate of drug-likeness (QED) is 0.864. The number of likely N-dealkylation sites (N-methyl/N-ethyl adjacent to an activating group) is 2. The molecule has 2 heterocycles. The van der Waals surface area contributed by atoms with Gasteiger partial charge in [-0.3, -0.25) is 19.5 Å². The van der Waals surface area contributed by atoms with Crippen LogP contribution in [0.15, 0.2) is 40.1 Å². The van der Waals surface area contributed by atoms with Crippen LogP contribution in [0, 0.1) is 0 Å². The number of hydrogen-bond donors (Lipinski definition) is 1. The van der Waals surface area contributed by atoms with E-state index in [9.17, 15) is 14.4 Å². The lowest BCUT2D eigenvalue weighted by Gasteiger charge is -2.36. The van der Waals surface area contributed by atoms with Gasteiger partial charge < -0.3 is 9.47 Å². The Labute approximate surface area is 145 Å². The van der Waals surface area contributed by atoms with Crippen molar-refractivity contribution in [3.63, 3.8) is 0 Å². The zero-order valence-electron chi connectivity index (χ0n) is 14.7. The van der Waals surface area contributed by atoms with Crippen molar-refractivity contribution in [3.05, 3.63) is 68.0 Å². The largest absolute Gasteiger partial charge is 0.340 e. The number of aromatic amines is 1. The lowest BCUT2D eigenvalue weighted by atomic mass is 9.94. The van der Waals surface area contributed by atoms with Crippen LogP contribution in [-0.4, -0.2) is 51.9 Å². The molecule has 0 fully saturated rings. The number of aryl methyl sites for hydroxylation is 1. The molecule has 1 atom stereocenters. The van der Waals surface area contributed by atoms with E-state index < -0.39 is 11.2 Å². The van der Waals surface area contributed by atoms with Crippen LogP contribution in [-0.2, 0) is 20.0 Å². The number of H-pyrrole nitrogens is 1. The Morgan fingerprint density at radius 3 is 2.64 bits per heavy atom. The van der Waals surface area contributed by atoms with Crippen LogP contribution in [0.4, 0.5) is 0 Å². The molecule has 0 radical (unpaired) electrons. The molecule has 25 heavy (non-hydrogen) atoms. The molecular formula is C18H22N4O3. The van der Waals surface area contributed by atoms with Crippen LogP contribution < -0.4 is 11.2 Å². The number of carbonyl (C=O) groups excluding carboxylic acids is 1. The van der Waals surface area contributed by atoms with Gasteiger partial charge in [-0.25, -0.2) is 4.79 Å². The minimum atomic E-state index is -0.651.